The molecule has 1 spiro atoms. The Kier molecular flexibility index (Phi) is 3.13. The Morgan fingerprint density at radius 1 is 1.39 bits per heavy atom. The Morgan fingerprint density at radius 3 is 3.04 bits per heavy atom. The van der Waals surface area contributed by atoms with E-state index in [9.17, 15) is 0 Å². The number of rotatable bonds is 3. The van der Waals surface area contributed by atoms with Gasteiger partial charge in [0.05, 0.1) is 11.9 Å². The standard InChI is InChI=1S/C18H21N3OS/c1-4-21-5-2-15(1)18(12-21)8-14-7-16(10-20-17(14)22-18)19-9-13-3-6-23-11-13/h3,6-7,10-11,15,19H,1-2,4-5,8-9,12H2/t18-/m0/s1. The van der Waals surface area contributed by atoms with E-state index in [1.807, 2.05) is 6.20 Å². The van der Waals surface area contributed by atoms with Crippen molar-refractivity contribution >= 4 is 17.0 Å². The van der Waals surface area contributed by atoms with E-state index in [2.05, 4.69) is 38.1 Å². The van der Waals surface area contributed by atoms with Gasteiger partial charge < -0.3 is 10.1 Å². The van der Waals surface area contributed by atoms with E-state index in [0.717, 1.165) is 31.1 Å². The molecule has 2 aromatic rings. The third-order valence-electron chi connectivity index (χ3n) is 5.61. The van der Waals surface area contributed by atoms with Crippen LogP contribution < -0.4 is 10.1 Å². The summed E-state index contributed by atoms with van der Waals surface area (Å²) >= 11 is 1.74. The number of ether oxygens (including phenoxy) is 1. The molecule has 3 saturated heterocycles. The van der Waals surface area contributed by atoms with Crippen LogP contribution in [0.5, 0.6) is 5.88 Å². The average molecular weight is 327 g/mol. The highest BCUT2D eigenvalue weighted by atomic mass is 32.1. The van der Waals surface area contributed by atoms with Crippen LogP contribution in [0.15, 0.2) is 29.1 Å². The van der Waals surface area contributed by atoms with Crippen molar-refractivity contribution in [1.82, 2.24) is 9.88 Å². The number of thiophene rings is 1. The van der Waals surface area contributed by atoms with Crippen LogP contribution >= 0.6 is 11.3 Å². The summed E-state index contributed by atoms with van der Waals surface area (Å²) in [4.78, 5) is 7.15. The van der Waals surface area contributed by atoms with Gasteiger partial charge in [-0.2, -0.15) is 11.3 Å². The zero-order valence-corrected chi connectivity index (χ0v) is 13.9. The van der Waals surface area contributed by atoms with Crippen molar-refractivity contribution in [2.45, 2.75) is 31.4 Å². The van der Waals surface area contributed by atoms with E-state index in [-0.39, 0.29) is 5.60 Å². The molecule has 0 unspecified atom stereocenters. The number of anilines is 1. The van der Waals surface area contributed by atoms with Gasteiger partial charge in [0.1, 0.15) is 5.60 Å². The lowest BCUT2D eigenvalue weighted by Gasteiger charge is -2.50. The number of aromatic nitrogens is 1. The number of fused-ring (bicyclic) bond motifs is 3. The Labute approximate surface area is 140 Å². The first-order valence-corrected chi connectivity index (χ1v) is 9.40. The van der Waals surface area contributed by atoms with Crippen LogP contribution in [0, 0.1) is 5.92 Å². The summed E-state index contributed by atoms with van der Waals surface area (Å²) < 4.78 is 6.40. The van der Waals surface area contributed by atoms with Crippen LogP contribution in [0.1, 0.15) is 24.0 Å². The van der Waals surface area contributed by atoms with E-state index in [0.29, 0.717) is 5.92 Å². The minimum atomic E-state index is -0.00217. The molecule has 1 atom stereocenters. The molecule has 4 aliphatic heterocycles. The molecule has 6 heterocycles. The monoisotopic (exact) mass is 327 g/mol. The van der Waals surface area contributed by atoms with Gasteiger partial charge in [-0.1, -0.05) is 0 Å². The summed E-state index contributed by atoms with van der Waals surface area (Å²) in [5.41, 5.74) is 3.68. The van der Waals surface area contributed by atoms with Crippen LogP contribution in [0.3, 0.4) is 0 Å². The second kappa shape index (κ2) is 5.21. The lowest BCUT2D eigenvalue weighted by Crippen LogP contribution is -2.61. The minimum Gasteiger partial charge on any atom is -0.469 e. The van der Waals surface area contributed by atoms with Gasteiger partial charge in [0.2, 0.25) is 5.88 Å². The molecule has 1 N–H and O–H groups in total. The molecular weight excluding hydrogens is 306 g/mol. The van der Waals surface area contributed by atoms with E-state index < -0.39 is 0 Å². The molecule has 0 saturated carbocycles. The Balaban J connectivity index is 1.34. The normalized spacial score (nSPS) is 31.1. The first kappa shape index (κ1) is 13.8. The molecule has 4 nitrogen and oxygen atoms in total. The van der Waals surface area contributed by atoms with Gasteiger partial charge in [0.15, 0.2) is 0 Å². The molecule has 5 heteroatoms. The van der Waals surface area contributed by atoms with Gasteiger partial charge in [0, 0.05) is 31.0 Å². The first-order valence-electron chi connectivity index (χ1n) is 8.46. The van der Waals surface area contributed by atoms with Gasteiger partial charge in [-0.25, -0.2) is 4.98 Å². The fourth-order valence-corrected chi connectivity index (χ4v) is 5.07. The van der Waals surface area contributed by atoms with Crippen molar-refractivity contribution in [3.8, 4) is 5.88 Å². The number of hydrogen-bond acceptors (Lipinski definition) is 5. The fraction of sp³-hybridized carbons (Fsp3) is 0.500. The molecule has 0 amide bonds. The highest BCUT2D eigenvalue weighted by Gasteiger charge is 2.52. The van der Waals surface area contributed by atoms with E-state index >= 15 is 0 Å². The third kappa shape index (κ3) is 2.34. The van der Waals surface area contributed by atoms with Crippen molar-refractivity contribution in [3.05, 3.63) is 40.2 Å². The van der Waals surface area contributed by atoms with Crippen molar-refractivity contribution in [2.75, 3.05) is 25.0 Å². The molecule has 0 aliphatic carbocycles. The van der Waals surface area contributed by atoms with Crippen LogP contribution in [0.25, 0.3) is 0 Å². The highest BCUT2D eigenvalue weighted by Crippen LogP contribution is 2.46. The van der Waals surface area contributed by atoms with E-state index in [4.69, 9.17) is 4.74 Å². The molecule has 3 fully saturated rings. The minimum absolute atomic E-state index is 0.00217. The Hall–Kier alpha value is -1.59. The summed E-state index contributed by atoms with van der Waals surface area (Å²) in [6, 6.07) is 4.39. The SMILES string of the molecule is c1cc(CNc2cnc3c(c2)C[C@@]2(CN4CCC2CC4)O3)cs1. The van der Waals surface area contributed by atoms with Crippen molar-refractivity contribution in [1.29, 1.82) is 0 Å². The predicted molar refractivity (Wildman–Crippen MR) is 92.1 cm³/mol. The second-order valence-electron chi connectivity index (χ2n) is 7.07. The van der Waals surface area contributed by atoms with Crippen LogP contribution in [0.2, 0.25) is 0 Å². The molecule has 2 bridgehead atoms. The number of nitrogens with zero attached hydrogens (tertiary/aromatic N) is 2. The van der Waals surface area contributed by atoms with Gasteiger partial charge in [-0.15, -0.1) is 0 Å². The summed E-state index contributed by atoms with van der Waals surface area (Å²) in [6.07, 6.45) is 5.48. The predicted octanol–water partition coefficient (Wildman–Crippen LogP) is 3.15. The quantitative estimate of drug-likeness (QED) is 0.940. The zero-order chi connectivity index (χ0) is 15.3. The van der Waals surface area contributed by atoms with Gasteiger partial charge in [-0.05, 0) is 54.4 Å². The Bertz CT molecular complexity index is 709. The maximum Gasteiger partial charge on any atom is 0.217 e. The van der Waals surface area contributed by atoms with E-state index in [1.54, 1.807) is 11.3 Å². The van der Waals surface area contributed by atoms with E-state index in [1.165, 1.54) is 37.1 Å². The number of hydrogen-bond donors (Lipinski definition) is 1. The molecule has 2 aromatic heterocycles. The smallest absolute Gasteiger partial charge is 0.217 e. The molecule has 0 aromatic carbocycles. The third-order valence-corrected chi connectivity index (χ3v) is 6.35. The molecule has 4 aliphatic rings. The number of nitrogens with one attached hydrogen (secondary N) is 1. The van der Waals surface area contributed by atoms with Crippen molar-refractivity contribution in [2.24, 2.45) is 5.92 Å². The molecule has 23 heavy (non-hydrogen) atoms. The molecule has 120 valence electrons. The Morgan fingerprint density at radius 2 is 2.30 bits per heavy atom. The molecule has 6 rings (SSSR count). The molecular formula is C18H21N3OS. The highest BCUT2D eigenvalue weighted by molar-refractivity contribution is 7.07. The van der Waals surface area contributed by atoms with Crippen molar-refractivity contribution < 1.29 is 4.74 Å². The lowest BCUT2D eigenvalue weighted by atomic mass is 9.73. The van der Waals surface area contributed by atoms with Crippen LogP contribution in [0.4, 0.5) is 5.69 Å². The zero-order valence-electron chi connectivity index (χ0n) is 13.1. The average Bonchev–Trinajstić information content (AvgIpc) is 3.20. The van der Waals surface area contributed by atoms with Crippen molar-refractivity contribution in [3.63, 3.8) is 0 Å². The first-order chi connectivity index (χ1) is 11.3. The van der Waals surface area contributed by atoms with Gasteiger partial charge in [0.25, 0.3) is 0 Å². The fourth-order valence-electron chi connectivity index (χ4n) is 4.40. The topological polar surface area (TPSA) is 37.4 Å². The number of piperidine rings is 3. The maximum atomic E-state index is 6.40. The maximum absolute atomic E-state index is 6.40. The van der Waals surface area contributed by atoms with Gasteiger partial charge in [-0.3, -0.25) is 4.90 Å². The molecule has 0 radical (unpaired) electrons. The summed E-state index contributed by atoms with van der Waals surface area (Å²) in [6.45, 7) is 4.41. The number of pyridine rings is 1. The summed E-state index contributed by atoms with van der Waals surface area (Å²) in [7, 11) is 0. The van der Waals surface area contributed by atoms with Gasteiger partial charge >= 0.3 is 0 Å². The summed E-state index contributed by atoms with van der Waals surface area (Å²) in [5, 5.41) is 7.77. The second-order valence-corrected chi connectivity index (χ2v) is 7.85. The summed E-state index contributed by atoms with van der Waals surface area (Å²) in [5.74, 6) is 1.56. The lowest BCUT2D eigenvalue weighted by molar-refractivity contribution is -0.0814. The largest absolute Gasteiger partial charge is 0.469 e. The van der Waals surface area contributed by atoms with Crippen LogP contribution in [-0.4, -0.2) is 35.1 Å². The van der Waals surface area contributed by atoms with Crippen LogP contribution in [-0.2, 0) is 13.0 Å².